The minimum Gasteiger partial charge on any atom is -0.454 e. The van der Waals surface area contributed by atoms with Crippen LogP contribution in [0.25, 0.3) is 0 Å². The summed E-state index contributed by atoms with van der Waals surface area (Å²) < 4.78 is 17.6. The maximum absolute atomic E-state index is 6.24. The van der Waals surface area contributed by atoms with Gasteiger partial charge in [-0.15, -0.1) is 0 Å². The van der Waals surface area contributed by atoms with Gasteiger partial charge < -0.3 is 14.2 Å². The molecular weight excluding hydrogens is 768 g/mol. The fraction of sp³-hybridized carbons (Fsp3) is 0. The van der Waals surface area contributed by atoms with Crippen LogP contribution in [0.15, 0.2) is 18.2 Å². The van der Waals surface area contributed by atoms with Crippen LogP contribution in [0, 0.1) is 0 Å². The molecule has 0 unspecified atom stereocenters. The van der Waals surface area contributed by atoms with Crippen LogP contribution in [0.4, 0.5) is 0 Å². The van der Waals surface area contributed by atoms with E-state index in [0.29, 0.717) is 0 Å². The Hall–Kier alpha value is -0.450. The van der Waals surface area contributed by atoms with E-state index < -0.39 is 0 Å². The molecule has 0 aliphatic carbocycles. The van der Waals surface area contributed by atoms with E-state index in [2.05, 4.69) is 15.0 Å². The van der Waals surface area contributed by atoms with Gasteiger partial charge in [-0.1, -0.05) is 139 Å². The molecule has 4 rings (SSSR count). The monoisotopic (exact) mass is 765 g/mol. The Morgan fingerprint density at radius 1 is 0.333 bits per heavy atom. The number of halogens is 12. The second kappa shape index (κ2) is 12.8. The molecule has 4 aromatic rings. The van der Waals surface area contributed by atoms with E-state index in [1.54, 1.807) is 0 Å². The van der Waals surface area contributed by atoms with E-state index in [1.807, 2.05) is 0 Å². The number of benzene rings is 1. The van der Waals surface area contributed by atoms with Crippen molar-refractivity contribution in [2.75, 3.05) is 0 Å². The summed E-state index contributed by atoms with van der Waals surface area (Å²) in [6, 6.07) is 4.14. The molecule has 204 valence electrons. The predicted octanol–water partition coefficient (Wildman–Crippen LogP) is 13.1. The van der Waals surface area contributed by atoms with E-state index in [1.165, 1.54) is 18.2 Å². The molecule has 0 saturated carbocycles. The topological polar surface area (TPSA) is 66.4 Å². The molecule has 0 amide bonds. The molecule has 3 aromatic heterocycles. The second-order valence-electron chi connectivity index (χ2n) is 6.90. The molecule has 6 nitrogen and oxygen atoms in total. The molecule has 0 N–H and O–H groups in total. The van der Waals surface area contributed by atoms with Crippen molar-refractivity contribution in [2.45, 2.75) is 0 Å². The van der Waals surface area contributed by atoms with Crippen molar-refractivity contribution in [2.24, 2.45) is 0 Å². The number of pyridine rings is 3. The maximum Gasteiger partial charge on any atom is 0.170 e. The third kappa shape index (κ3) is 6.80. The lowest BCUT2D eigenvalue weighted by molar-refractivity contribution is 0.439. The van der Waals surface area contributed by atoms with Gasteiger partial charge in [-0.25, -0.2) is 15.0 Å². The SMILES string of the molecule is Clc1nc(Cl)c(Cl)c(Oc2cc(Oc3c(Cl)c(Cl)nc(Cl)c3Cl)cc(Oc3c(Cl)c(Cl)nc(Cl)c3Cl)c2)c1Cl. The molecule has 0 aliphatic rings. The summed E-state index contributed by atoms with van der Waals surface area (Å²) in [6.45, 7) is 0. The highest BCUT2D eigenvalue weighted by Gasteiger charge is 2.23. The van der Waals surface area contributed by atoms with E-state index >= 15 is 0 Å². The Morgan fingerprint density at radius 2 is 0.513 bits per heavy atom. The standard InChI is InChI=1S/C21H3Cl12N3O3/c22-7-13(8(23)17(29)34-16(7)28)37-4-1-5(38-14-9(24)18(30)35-19(31)10(14)25)3-6(2-4)39-15-11(26)20(32)36-21(33)12(15)27/h1-3H. The van der Waals surface area contributed by atoms with E-state index in [9.17, 15) is 0 Å². The van der Waals surface area contributed by atoms with Gasteiger partial charge in [0, 0.05) is 18.2 Å². The average molecular weight is 771 g/mol. The fourth-order valence-electron chi connectivity index (χ4n) is 2.75. The van der Waals surface area contributed by atoms with Crippen molar-refractivity contribution >= 4 is 139 Å². The molecule has 0 bridgehead atoms. The van der Waals surface area contributed by atoms with E-state index in [-0.39, 0.29) is 95.6 Å². The number of hydrogen-bond acceptors (Lipinski definition) is 6. The van der Waals surface area contributed by atoms with Gasteiger partial charge in [0.1, 0.15) is 47.4 Å². The predicted molar refractivity (Wildman–Crippen MR) is 159 cm³/mol. The normalized spacial score (nSPS) is 11.1. The second-order valence-corrected chi connectivity index (χ2v) is 11.3. The molecule has 0 radical (unpaired) electrons. The molecule has 0 saturated heterocycles. The Morgan fingerprint density at radius 3 is 0.692 bits per heavy atom. The molecule has 0 aliphatic heterocycles. The molecule has 0 spiro atoms. The zero-order valence-electron chi connectivity index (χ0n) is 17.8. The highest BCUT2D eigenvalue weighted by molar-refractivity contribution is 6.49. The highest BCUT2D eigenvalue weighted by Crippen LogP contribution is 2.48. The van der Waals surface area contributed by atoms with Gasteiger partial charge in [0.25, 0.3) is 0 Å². The molecule has 0 atom stereocenters. The fourth-order valence-corrected chi connectivity index (χ4v) is 5.10. The van der Waals surface area contributed by atoms with Gasteiger partial charge in [-0.3, -0.25) is 0 Å². The molecule has 18 heteroatoms. The van der Waals surface area contributed by atoms with E-state index in [0.717, 1.165) is 0 Å². The smallest absolute Gasteiger partial charge is 0.170 e. The Balaban J connectivity index is 1.87. The minimum absolute atomic E-state index is 0.0293. The zero-order chi connectivity index (χ0) is 28.8. The molecule has 0 fully saturated rings. The third-order valence-corrected chi connectivity index (χ3v) is 8.71. The largest absolute Gasteiger partial charge is 0.454 e. The highest BCUT2D eigenvalue weighted by atomic mass is 35.5. The first-order valence-corrected chi connectivity index (χ1v) is 14.1. The van der Waals surface area contributed by atoms with Crippen molar-refractivity contribution in [3.05, 3.63) is 79.3 Å². The first kappa shape index (κ1) is 31.5. The van der Waals surface area contributed by atoms with Gasteiger partial charge >= 0.3 is 0 Å². The Kier molecular flexibility index (Phi) is 10.4. The quantitative estimate of drug-likeness (QED) is 0.182. The molecule has 3 heterocycles. The van der Waals surface area contributed by atoms with Gasteiger partial charge in [0.15, 0.2) is 48.2 Å². The van der Waals surface area contributed by atoms with E-state index in [4.69, 9.17) is 153 Å². The van der Waals surface area contributed by atoms with Gasteiger partial charge in [-0.2, -0.15) is 0 Å². The Bertz CT molecular complexity index is 1360. The van der Waals surface area contributed by atoms with Gasteiger partial charge in [-0.05, 0) is 0 Å². The summed E-state index contributed by atoms with van der Waals surface area (Å²) in [7, 11) is 0. The van der Waals surface area contributed by atoms with Crippen LogP contribution >= 0.6 is 139 Å². The first-order valence-electron chi connectivity index (χ1n) is 9.57. The van der Waals surface area contributed by atoms with Crippen LogP contribution in [-0.2, 0) is 0 Å². The summed E-state index contributed by atoms with van der Waals surface area (Å²) in [5.41, 5.74) is 0. The lowest BCUT2D eigenvalue weighted by Gasteiger charge is -2.17. The third-order valence-electron chi connectivity index (χ3n) is 4.39. The van der Waals surface area contributed by atoms with Crippen molar-refractivity contribution < 1.29 is 14.2 Å². The lowest BCUT2D eigenvalue weighted by atomic mass is 10.3. The van der Waals surface area contributed by atoms with Crippen LogP contribution in [0.3, 0.4) is 0 Å². The van der Waals surface area contributed by atoms with Crippen molar-refractivity contribution in [3.63, 3.8) is 0 Å². The molecule has 39 heavy (non-hydrogen) atoms. The molecule has 1 aromatic carbocycles. The van der Waals surface area contributed by atoms with Gasteiger partial charge in [0.05, 0.1) is 0 Å². The number of nitrogens with zero attached hydrogens (tertiary/aromatic N) is 3. The summed E-state index contributed by atoms with van der Waals surface area (Å²) in [5.74, 6) is -0.277. The van der Waals surface area contributed by atoms with Crippen LogP contribution in [0.5, 0.6) is 34.5 Å². The lowest BCUT2D eigenvalue weighted by Crippen LogP contribution is -1.96. The molecular formula is C21H3Cl12N3O3. The zero-order valence-corrected chi connectivity index (χ0v) is 26.9. The minimum atomic E-state index is -0.163. The maximum atomic E-state index is 6.24. The van der Waals surface area contributed by atoms with Crippen molar-refractivity contribution in [1.29, 1.82) is 0 Å². The van der Waals surface area contributed by atoms with Gasteiger partial charge in [0.2, 0.25) is 0 Å². The number of hydrogen-bond donors (Lipinski definition) is 0. The number of ether oxygens (including phenoxy) is 3. The Labute approximate surface area is 279 Å². The van der Waals surface area contributed by atoms with Crippen LogP contribution in [0.2, 0.25) is 61.1 Å². The summed E-state index contributed by atoms with van der Waals surface area (Å²) in [5, 5.41) is -1.74. The average Bonchev–Trinajstić information content (AvgIpc) is 2.88. The van der Waals surface area contributed by atoms with Crippen LogP contribution < -0.4 is 14.2 Å². The first-order chi connectivity index (χ1) is 18.3. The summed E-state index contributed by atoms with van der Waals surface area (Å²) in [4.78, 5) is 11.4. The van der Waals surface area contributed by atoms with Crippen LogP contribution in [-0.4, -0.2) is 15.0 Å². The number of rotatable bonds is 6. The summed E-state index contributed by atoms with van der Waals surface area (Å²) >= 11 is 73.6. The van der Waals surface area contributed by atoms with Crippen LogP contribution in [0.1, 0.15) is 0 Å². The van der Waals surface area contributed by atoms with Crippen molar-refractivity contribution in [3.8, 4) is 34.5 Å². The van der Waals surface area contributed by atoms with Crippen molar-refractivity contribution in [1.82, 2.24) is 15.0 Å². The number of aromatic nitrogens is 3. The summed E-state index contributed by atoms with van der Waals surface area (Å²) in [6.07, 6.45) is 0.